The van der Waals surface area contributed by atoms with Crippen LogP contribution in [0.1, 0.15) is 11.6 Å². The topological polar surface area (TPSA) is 59.8 Å². The van der Waals surface area contributed by atoms with Crippen molar-refractivity contribution in [1.29, 1.82) is 0 Å². The number of nitrogens with one attached hydrogen (secondary N) is 1. The number of benzene rings is 1. The lowest BCUT2D eigenvalue weighted by atomic mass is 9.97. The number of thioether (sulfide) groups is 1. The van der Waals surface area contributed by atoms with Crippen molar-refractivity contribution in [1.82, 2.24) is 10.3 Å². The van der Waals surface area contributed by atoms with Gasteiger partial charge in [-0.3, -0.25) is 16.2 Å². The minimum absolute atomic E-state index is 0.0288. The second-order valence-electron chi connectivity index (χ2n) is 4.84. The van der Waals surface area contributed by atoms with Crippen LogP contribution in [-0.4, -0.2) is 50.3 Å². The molecule has 1 saturated heterocycles. The molecule has 0 saturated carbocycles. The molecule has 1 aliphatic heterocycles. The third kappa shape index (κ3) is 3.03. The molecule has 0 spiro atoms. The summed E-state index contributed by atoms with van der Waals surface area (Å²) in [5, 5.41) is 0. The first-order valence-electron chi connectivity index (χ1n) is 6.68. The average Bonchev–Trinajstić information content (AvgIpc) is 2.49. The summed E-state index contributed by atoms with van der Waals surface area (Å²) >= 11 is 1.95. The van der Waals surface area contributed by atoms with Gasteiger partial charge in [0.2, 0.25) is 0 Å². The van der Waals surface area contributed by atoms with Gasteiger partial charge in [-0.2, -0.15) is 11.8 Å². The molecule has 2 atom stereocenters. The van der Waals surface area contributed by atoms with Crippen LogP contribution in [0.3, 0.4) is 0 Å². The lowest BCUT2D eigenvalue weighted by molar-refractivity contribution is 0.210. The largest absolute Gasteiger partial charge is 0.496 e. The maximum Gasteiger partial charge on any atom is 0.127 e. The SMILES string of the molecule is COc1cccc(OC)c1C(NN)C1CSCCN1C. The summed E-state index contributed by atoms with van der Waals surface area (Å²) in [5.41, 5.74) is 3.94. The van der Waals surface area contributed by atoms with E-state index >= 15 is 0 Å². The van der Waals surface area contributed by atoms with E-state index in [1.165, 1.54) is 0 Å². The van der Waals surface area contributed by atoms with Crippen molar-refractivity contribution in [2.45, 2.75) is 12.1 Å². The van der Waals surface area contributed by atoms with Crippen molar-refractivity contribution >= 4 is 11.8 Å². The van der Waals surface area contributed by atoms with E-state index in [4.69, 9.17) is 15.3 Å². The van der Waals surface area contributed by atoms with Gasteiger partial charge in [-0.15, -0.1) is 0 Å². The molecule has 0 aliphatic carbocycles. The molecule has 0 amide bonds. The zero-order chi connectivity index (χ0) is 14.5. The van der Waals surface area contributed by atoms with Crippen molar-refractivity contribution in [3.63, 3.8) is 0 Å². The molecule has 2 rings (SSSR count). The molecule has 0 radical (unpaired) electrons. The normalized spacial score (nSPS) is 21.5. The quantitative estimate of drug-likeness (QED) is 0.630. The minimum atomic E-state index is -0.0288. The number of methoxy groups -OCH3 is 2. The maximum atomic E-state index is 5.85. The van der Waals surface area contributed by atoms with Crippen LogP contribution in [0.25, 0.3) is 0 Å². The number of hydrogen-bond acceptors (Lipinski definition) is 6. The first kappa shape index (κ1) is 15.4. The molecule has 0 bridgehead atoms. The fourth-order valence-electron chi connectivity index (χ4n) is 2.63. The average molecular weight is 297 g/mol. The van der Waals surface area contributed by atoms with Gasteiger partial charge in [0.25, 0.3) is 0 Å². The van der Waals surface area contributed by atoms with Gasteiger partial charge in [-0.1, -0.05) is 6.07 Å². The molecule has 1 fully saturated rings. The van der Waals surface area contributed by atoms with E-state index in [9.17, 15) is 0 Å². The van der Waals surface area contributed by atoms with Gasteiger partial charge in [-0.05, 0) is 19.2 Å². The van der Waals surface area contributed by atoms with E-state index in [-0.39, 0.29) is 6.04 Å². The number of ether oxygens (including phenoxy) is 2. The Morgan fingerprint density at radius 3 is 2.50 bits per heavy atom. The van der Waals surface area contributed by atoms with Crippen LogP contribution >= 0.6 is 11.8 Å². The molecule has 1 aromatic carbocycles. The standard InChI is InChI=1S/C14H23N3O2S/c1-17-7-8-20-9-10(17)14(16-15)13-11(18-2)5-4-6-12(13)19-3/h4-6,10,14,16H,7-9,15H2,1-3H3. The fourth-order valence-corrected chi connectivity index (χ4v) is 3.90. The molecule has 6 heteroatoms. The number of likely N-dealkylation sites (N-methyl/N-ethyl adjacent to an activating group) is 1. The Kier molecular flexibility index (Phi) is 5.54. The smallest absolute Gasteiger partial charge is 0.127 e. The highest BCUT2D eigenvalue weighted by molar-refractivity contribution is 7.99. The predicted octanol–water partition coefficient (Wildman–Crippen LogP) is 1.26. The molecule has 1 heterocycles. The van der Waals surface area contributed by atoms with Crippen molar-refractivity contribution in [2.75, 3.05) is 39.3 Å². The van der Waals surface area contributed by atoms with Crippen LogP contribution in [0, 0.1) is 0 Å². The number of nitrogens with zero attached hydrogens (tertiary/aromatic N) is 1. The maximum absolute atomic E-state index is 5.85. The van der Waals surface area contributed by atoms with Crippen molar-refractivity contribution < 1.29 is 9.47 Å². The van der Waals surface area contributed by atoms with Gasteiger partial charge >= 0.3 is 0 Å². The second kappa shape index (κ2) is 7.17. The summed E-state index contributed by atoms with van der Waals surface area (Å²) in [6.07, 6.45) is 0. The summed E-state index contributed by atoms with van der Waals surface area (Å²) in [5.74, 6) is 9.65. The number of hydrogen-bond donors (Lipinski definition) is 2. The summed E-state index contributed by atoms with van der Waals surface area (Å²) in [7, 11) is 5.48. The van der Waals surface area contributed by atoms with Gasteiger partial charge < -0.3 is 9.47 Å². The number of hydrazine groups is 1. The Morgan fingerprint density at radius 1 is 1.35 bits per heavy atom. The zero-order valence-corrected chi connectivity index (χ0v) is 13.1. The molecule has 5 nitrogen and oxygen atoms in total. The van der Waals surface area contributed by atoms with Crippen LogP contribution in [0.2, 0.25) is 0 Å². The highest BCUT2D eigenvalue weighted by Crippen LogP contribution is 2.37. The molecule has 1 aliphatic rings. The van der Waals surface area contributed by atoms with Gasteiger partial charge in [-0.25, -0.2) is 0 Å². The highest BCUT2D eigenvalue weighted by atomic mass is 32.2. The predicted molar refractivity (Wildman–Crippen MR) is 83.4 cm³/mol. The number of nitrogens with two attached hydrogens (primary N) is 1. The van der Waals surface area contributed by atoms with Gasteiger partial charge in [0.1, 0.15) is 11.5 Å². The Morgan fingerprint density at radius 2 is 2.00 bits per heavy atom. The third-order valence-electron chi connectivity index (χ3n) is 3.78. The van der Waals surface area contributed by atoms with Crippen LogP contribution in [-0.2, 0) is 0 Å². The molecule has 1 aromatic rings. The summed E-state index contributed by atoms with van der Waals surface area (Å²) in [6.45, 7) is 1.06. The second-order valence-corrected chi connectivity index (χ2v) is 5.99. The molecule has 112 valence electrons. The van der Waals surface area contributed by atoms with Crippen LogP contribution in [0.4, 0.5) is 0 Å². The van der Waals surface area contributed by atoms with E-state index in [2.05, 4.69) is 17.4 Å². The lowest BCUT2D eigenvalue weighted by Crippen LogP contribution is -2.49. The molecular weight excluding hydrogens is 274 g/mol. The fraction of sp³-hybridized carbons (Fsp3) is 0.571. The van der Waals surface area contributed by atoms with E-state index in [1.807, 2.05) is 30.0 Å². The monoisotopic (exact) mass is 297 g/mol. The molecular formula is C14H23N3O2S. The van der Waals surface area contributed by atoms with E-state index in [0.29, 0.717) is 6.04 Å². The van der Waals surface area contributed by atoms with Gasteiger partial charge in [0, 0.05) is 24.1 Å². The zero-order valence-electron chi connectivity index (χ0n) is 12.3. The van der Waals surface area contributed by atoms with Gasteiger partial charge in [0.05, 0.1) is 25.8 Å². The van der Waals surface area contributed by atoms with Crippen LogP contribution in [0.5, 0.6) is 11.5 Å². The molecule has 2 unspecified atom stereocenters. The van der Waals surface area contributed by atoms with Gasteiger partial charge in [0.15, 0.2) is 0 Å². The highest BCUT2D eigenvalue weighted by Gasteiger charge is 2.32. The molecule has 3 N–H and O–H groups in total. The van der Waals surface area contributed by atoms with Crippen molar-refractivity contribution in [3.05, 3.63) is 23.8 Å². The Hall–Kier alpha value is -0.950. The van der Waals surface area contributed by atoms with E-state index < -0.39 is 0 Å². The first-order valence-corrected chi connectivity index (χ1v) is 7.83. The Balaban J connectivity index is 2.39. The first-order chi connectivity index (χ1) is 9.72. The third-order valence-corrected chi connectivity index (χ3v) is 4.83. The summed E-state index contributed by atoms with van der Waals surface area (Å²) in [6, 6.07) is 6.09. The van der Waals surface area contributed by atoms with E-state index in [0.717, 1.165) is 35.1 Å². The molecule has 0 aromatic heterocycles. The lowest BCUT2D eigenvalue weighted by Gasteiger charge is -2.38. The Labute approximate surface area is 124 Å². The minimum Gasteiger partial charge on any atom is -0.496 e. The van der Waals surface area contributed by atoms with Crippen LogP contribution in [0.15, 0.2) is 18.2 Å². The van der Waals surface area contributed by atoms with Crippen LogP contribution < -0.4 is 20.7 Å². The Bertz CT molecular complexity index is 422. The number of rotatable bonds is 5. The summed E-state index contributed by atoms with van der Waals surface area (Å²) < 4.78 is 11.0. The van der Waals surface area contributed by atoms with Crippen molar-refractivity contribution in [3.8, 4) is 11.5 Å². The van der Waals surface area contributed by atoms with E-state index in [1.54, 1.807) is 14.2 Å². The van der Waals surface area contributed by atoms with Crippen molar-refractivity contribution in [2.24, 2.45) is 5.84 Å². The molecule has 20 heavy (non-hydrogen) atoms. The summed E-state index contributed by atoms with van der Waals surface area (Å²) in [4.78, 5) is 2.34.